The summed E-state index contributed by atoms with van der Waals surface area (Å²) in [7, 11) is 1.89. The summed E-state index contributed by atoms with van der Waals surface area (Å²) in [5, 5.41) is 0. The van der Waals surface area contributed by atoms with Crippen molar-refractivity contribution >= 4 is 11.8 Å². The summed E-state index contributed by atoms with van der Waals surface area (Å²) in [5.74, 6) is 1.12. The van der Waals surface area contributed by atoms with Crippen LogP contribution in [0.25, 0.3) is 11.4 Å². The van der Waals surface area contributed by atoms with Crippen LogP contribution in [0.15, 0.2) is 29.3 Å². The van der Waals surface area contributed by atoms with Crippen molar-refractivity contribution in [1.82, 2.24) is 23.9 Å². The van der Waals surface area contributed by atoms with E-state index in [1.54, 1.807) is 18.0 Å². The van der Waals surface area contributed by atoms with E-state index in [1.165, 1.54) is 0 Å². The van der Waals surface area contributed by atoms with Crippen LogP contribution in [0.4, 0.5) is 0 Å². The van der Waals surface area contributed by atoms with Gasteiger partial charge >= 0.3 is 0 Å². The highest BCUT2D eigenvalue weighted by Crippen LogP contribution is 2.36. The molecule has 5 rings (SSSR count). The molecule has 2 aromatic heterocycles. The fourth-order valence-corrected chi connectivity index (χ4v) is 5.53. The number of fused-ring (bicyclic) bond motifs is 4. The van der Waals surface area contributed by atoms with Crippen molar-refractivity contribution in [2.45, 2.75) is 44.7 Å². The first kappa shape index (κ1) is 19.1. The third-order valence-corrected chi connectivity index (χ3v) is 6.92. The van der Waals surface area contributed by atoms with Gasteiger partial charge in [0.1, 0.15) is 11.9 Å². The number of likely N-dealkylation sites (tertiary alicyclic amines) is 2. The van der Waals surface area contributed by atoms with Crippen molar-refractivity contribution in [3.05, 3.63) is 40.6 Å². The van der Waals surface area contributed by atoms with E-state index in [0.717, 1.165) is 25.0 Å². The second kappa shape index (κ2) is 7.11. The predicted octanol–water partition coefficient (Wildman–Crippen LogP) is 1.21. The largest absolute Gasteiger partial charge is 0.340 e. The van der Waals surface area contributed by atoms with Gasteiger partial charge in [-0.25, -0.2) is 4.98 Å². The second-order valence-corrected chi connectivity index (χ2v) is 8.86. The van der Waals surface area contributed by atoms with Crippen molar-refractivity contribution in [2.24, 2.45) is 13.0 Å². The lowest BCUT2D eigenvalue weighted by Crippen LogP contribution is -2.54. The van der Waals surface area contributed by atoms with Gasteiger partial charge in [0.15, 0.2) is 0 Å². The normalized spacial score (nSPS) is 25.3. The number of pyridine rings is 1. The minimum atomic E-state index is -0.325. The predicted molar refractivity (Wildman–Crippen MR) is 111 cm³/mol. The minimum absolute atomic E-state index is 0.00479. The van der Waals surface area contributed by atoms with Crippen molar-refractivity contribution in [1.29, 1.82) is 0 Å². The Bertz CT molecular complexity index is 1070. The molecule has 0 radical (unpaired) electrons. The van der Waals surface area contributed by atoms with E-state index in [2.05, 4.69) is 4.98 Å². The summed E-state index contributed by atoms with van der Waals surface area (Å²) in [6.07, 6.45) is 6.15. The zero-order valence-corrected chi connectivity index (χ0v) is 17.5. The Balaban J connectivity index is 1.42. The lowest BCUT2D eigenvalue weighted by atomic mass is 9.82. The van der Waals surface area contributed by atoms with Crippen LogP contribution in [0.3, 0.4) is 0 Å². The molecule has 0 N–H and O–H groups in total. The van der Waals surface area contributed by atoms with Gasteiger partial charge in [0, 0.05) is 64.2 Å². The van der Waals surface area contributed by atoms with Gasteiger partial charge < -0.3 is 18.9 Å². The molecule has 0 aliphatic carbocycles. The highest BCUT2D eigenvalue weighted by atomic mass is 16.2. The third-order valence-electron chi connectivity index (χ3n) is 6.92. The summed E-state index contributed by atoms with van der Waals surface area (Å²) in [6.45, 7) is 4.08. The van der Waals surface area contributed by atoms with Crippen LogP contribution in [0, 0.1) is 5.92 Å². The van der Waals surface area contributed by atoms with E-state index >= 15 is 0 Å². The lowest BCUT2D eigenvalue weighted by Gasteiger charge is -2.44. The molecule has 2 amide bonds. The molecule has 2 fully saturated rings. The monoisotopic (exact) mass is 409 g/mol. The molecule has 5 heterocycles. The first-order valence-electron chi connectivity index (χ1n) is 10.7. The van der Waals surface area contributed by atoms with Gasteiger partial charge in [-0.3, -0.25) is 14.4 Å². The van der Waals surface area contributed by atoms with Gasteiger partial charge in [-0.1, -0.05) is 0 Å². The maximum absolute atomic E-state index is 13.2. The molecule has 30 heavy (non-hydrogen) atoms. The third kappa shape index (κ3) is 2.97. The lowest BCUT2D eigenvalue weighted by molar-refractivity contribution is -0.144. The van der Waals surface area contributed by atoms with E-state index in [4.69, 9.17) is 0 Å². The highest BCUT2D eigenvalue weighted by Gasteiger charge is 2.41. The maximum Gasteiger partial charge on any atom is 0.261 e. The zero-order chi connectivity index (χ0) is 21.0. The van der Waals surface area contributed by atoms with Gasteiger partial charge in [-0.05, 0) is 37.3 Å². The molecule has 158 valence electrons. The fourth-order valence-electron chi connectivity index (χ4n) is 5.53. The maximum atomic E-state index is 13.2. The standard InChI is InChI=1S/C22H27N5O3/c1-14(28)26-8-3-4-19(26)22(30)25-11-15-10-16(13-25)18-6-5-17(21(29)27(18)12-15)20-23-7-9-24(20)2/h5-7,9,15-16,19H,3-4,8,10-13H2,1-2H3/t15-,16+,19-/m0/s1. The molecular weight excluding hydrogens is 382 g/mol. The minimum Gasteiger partial charge on any atom is -0.340 e. The van der Waals surface area contributed by atoms with Crippen LogP contribution in [-0.4, -0.2) is 61.4 Å². The van der Waals surface area contributed by atoms with Crippen molar-refractivity contribution in [2.75, 3.05) is 19.6 Å². The highest BCUT2D eigenvalue weighted by molar-refractivity contribution is 5.87. The second-order valence-electron chi connectivity index (χ2n) is 8.86. The Kier molecular flexibility index (Phi) is 4.52. The van der Waals surface area contributed by atoms with Gasteiger partial charge in [-0.15, -0.1) is 0 Å². The first-order valence-corrected chi connectivity index (χ1v) is 10.7. The first-order chi connectivity index (χ1) is 14.4. The molecule has 8 nitrogen and oxygen atoms in total. The van der Waals surface area contributed by atoms with E-state index < -0.39 is 0 Å². The summed E-state index contributed by atoms with van der Waals surface area (Å²) in [4.78, 5) is 46.3. The Morgan fingerprint density at radius 2 is 2.00 bits per heavy atom. The molecule has 0 unspecified atom stereocenters. The average Bonchev–Trinajstić information content (AvgIpc) is 3.37. The van der Waals surface area contributed by atoms with Crippen LogP contribution < -0.4 is 5.56 Å². The average molecular weight is 409 g/mol. The Hall–Kier alpha value is -2.90. The SMILES string of the molecule is CC(=O)N1CCC[C@H]1C(=O)N1C[C@@H]2C[C@H](C1)c1ccc(-c3nccn3C)c(=O)n1C2. The smallest absolute Gasteiger partial charge is 0.261 e. The zero-order valence-electron chi connectivity index (χ0n) is 17.5. The molecular formula is C22H27N5O3. The molecule has 2 aromatic rings. The summed E-state index contributed by atoms with van der Waals surface area (Å²) < 4.78 is 3.75. The van der Waals surface area contributed by atoms with E-state index in [0.29, 0.717) is 37.6 Å². The number of imidazole rings is 1. The molecule has 0 aromatic carbocycles. The molecule has 3 aliphatic rings. The Morgan fingerprint density at radius 3 is 2.73 bits per heavy atom. The topological polar surface area (TPSA) is 80.4 Å². The van der Waals surface area contributed by atoms with Gasteiger partial charge in [0.25, 0.3) is 5.56 Å². The number of piperidine rings is 1. The van der Waals surface area contributed by atoms with Crippen LogP contribution in [0.5, 0.6) is 0 Å². The number of nitrogens with zero attached hydrogens (tertiary/aromatic N) is 5. The van der Waals surface area contributed by atoms with Crippen LogP contribution in [-0.2, 0) is 23.2 Å². The van der Waals surface area contributed by atoms with E-state index in [1.807, 2.05) is 39.4 Å². The van der Waals surface area contributed by atoms with Crippen LogP contribution >= 0.6 is 0 Å². The van der Waals surface area contributed by atoms with E-state index in [-0.39, 0.29) is 35.3 Å². The van der Waals surface area contributed by atoms with Crippen molar-refractivity contribution in [3.8, 4) is 11.4 Å². The number of aryl methyl sites for hydroxylation is 1. The van der Waals surface area contributed by atoms with Crippen LogP contribution in [0.1, 0.15) is 37.8 Å². The summed E-state index contributed by atoms with van der Waals surface area (Å²) in [6, 6.07) is 3.57. The Morgan fingerprint density at radius 1 is 1.17 bits per heavy atom. The summed E-state index contributed by atoms with van der Waals surface area (Å²) >= 11 is 0. The number of carbonyl (C=O) groups excluding carboxylic acids is 2. The Labute approximate surface area is 175 Å². The summed E-state index contributed by atoms with van der Waals surface area (Å²) in [5.41, 5.74) is 1.61. The molecule has 3 atom stereocenters. The molecule has 2 bridgehead atoms. The molecule has 0 spiro atoms. The van der Waals surface area contributed by atoms with Gasteiger partial charge in [0.2, 0.25) is 11.8 Å². The van der Waals surface area contributed by atoms with Crippen molar-refractivity contribution in [3.63, 3.8) is 0 Å². The van der Waals surface area contributed by atoms with Gasteiger partial charge in [0.05, 0.1) is 5.56 Å². The van der Waals surface area contributed by atoms with Crippen LogP contribution in [0.2, 0.25) is 0 Å². The molecule has 3 aliphatic heterocycles. The number of hydrogen-bond acceptors (Lipinski definition) is 4. The number of amides is 2. The molecule has 2 saturated heterocycles. The van der Waals surface area contributed by atoms with Crippen molar-refractivity contribution < 1.29 is 9.59 Å². The molecule has 0 saturated carbocycles. The number of hydrogen-bond donors (Lipinski definition) is 0. The number of carbonyl (C=O) groups is 2. The fraction of sp³-hybridized carbons (Fsp3) is 0.545. The molecule has 8 heteroatoms. The number of aromatic nitrogens is 3. The van der Waals surface area contributed by atoms with Gasteiger partial charge in [-0.2, -0.15) is 0 Å². The number of rotatable bonds is 2. The quantitative estimate of drug-likeness (QED) is 0.747. The van der Waals surface area contributed by atoms with E-state index in [9.17, 15) is 14.4 Å².